The van der Waals surface area contributed by atoms with Crippen molar-refractivity contribution in [2.24, 2.45) is 0 Å². The fraction of sp³-hybridized carbons (Fsp3) is 0.200. The summed E-state index contributed by atoms with van der Waals surface area (Å²) in [6.45, 7) is 1.81. The van der Waals surface area contributed by atoms with Crippen LogP contribution in [0.25, 0.3) is 11.3 Å². The minimum atomic E-state index is -1.10. The van der Waals surface area contributed by atoms with Crippen molar-refractivity contribution in [3.63, 3.8) is 0 Å². The van der Waals surface area contributed by atoms with E-state index in [1.807, 2.05) is 43.3 Å². The molecule has 0 unspecified atom stereocenters. The maximum absolute atomic E-state index is 12.1. The maximum atomic E-state index is 12.1. The van der Waals surface area contributed by atoms with Gasteiger partial charge in [0.2, 0.25) is 0 Å². The monoisotopic (exact) mass is 302 g/mol. The molecule has 3 rings (SSSR count). The Morgan fingerprint density at radius 3 is 2.33 bits per heavy atom. The van der Waals surface area contributed by atoms with Gasteiger partial charge in [-0.3, -0.25) is 4.21 Å². The highest BCUT2D eigenvalue weighted by atomic mass is 32.2. The Balaban J connectivity index is 1.66. The van der Waals surface area contributed by atoms with Gasteiger partial charge in [0.1, 0.15) is 5.76 Å². The SMILES string of the molecule is Cc1cc(C[S@](=O)Cc2cc(-c3ccccc3)on2)no1. The fourth-order valence-electron chi connectivity index (χ4n) is 1.99. The zero-order valence-electron chi connectivity index (χ0n) is 11.5. The van der Waals surface area contributed by atoms with Crippen LogP contribution in [-0.4, -0.2) is 14.5 Å². The molecule has 0 saturated heterocycles. The zero-order chi connectivity index (χ0) is 14.7. The van der Waals surface area contributed by atoms with Gasteiger partial charge in [-0.15, -0.1) is 0 Å². The predicted molar refractivity (Wildman–Crippen MR) is 78.7 cm³/mol. The van der Waals surface area contributed by atoms with E-state index in [0.717, 1.165) is 11.3 Å². The summed E-state index contributed by atoms with van der Waals surface area (Å²) >= 11 is 0. The van der Waals surface area contributed by atoms with Gasteiger partial charge in [-0.25, -0.2) is 0 Å². The minimum absolute atomic E-state index is 0.336. The molecular weight excluding hydrogens is 288 g/mol. The summed E-state index contributed by atoms with van der Waals surface area (Å²) in [5.41, 5.74) is 2.32. The van der Waals surface area contributed by atoms with Gasteiger partial charge in [0.05, 0.1) is 22.9 Å². The molecule has 0 aliphatic rings. The molecule has 0 radical (unpaired) electrons. The van der Waals surface area contributed by atoms with Crippen LogP contribution < -0.4 is 0 Å². The molecule has 1 atom stereocenters. The lowest BCUT2D eigenvalue weighted by Crippen LogP contribution is -1.99. The molecule has 0 spiro atoms. The first-order chi connectivity index (χ1) is 10.2. The first kappa shape index (κ1) is 13.8. The van der Waals surface area contributed by atoms with Gasteiger partial charge in [0, 0.05) is 28.5 Å². The third kappa shape index (κ3) is 3.46. The molecule has 5 nitrogen and oxygen atoms in total. The number of rotatable bonds is 5. The molecule has 2 heterocycles. The number of hydrogen-bond acceptors (Lipinski definition) is 5. The number of aromatic nitrogens is 2. The smallest absolute Gasteiger partial charge is 0.167 e. The highest BCUT2D eigenvalue weighted by Gasteiger charge is 2.11. The molecule has 0 bridgehead atoms. The molecule has 0 amide bonds. The Kier molecular flexibility index (Phi) is 3.96. The molecule has 0 saturated carbocycles. The number of benzene rings is 1. The molecular formula is C15H14N2O3S. The van der Waals surface area contributed by atoms with Crippen LogP contribution in [0.2, 0.25) is 0 Å². The second-order valence-electron chi connectivity index (χ2n) is 4.71. The van der Waals surface area contributed by atoms with Gasteiger partial charge < -0.3 is 9.05 Å². The molecule has 3 aromatic rings. The topological polar surface area (TPSA) is 69.1 Å². The number of hydrogen-bond donors (Lipinski definition) is 0. The average molecular weight is 302 g/mol. The van der Waals surface area contributed by atoms with Gasteiger partial charge in [-0.05, 0) is 6.92 Å². The van der Waals surface area contributed by atoms with E-state index in [0.29, 0.717) is 28.7 Å². The van der Waals surface area contributed by atoms with Gasteiger partial charge >= 0.3 is 0 Å². The average Bonchev–Trinajstić information content (AvgIpc) is 3.09. The van der Waals surface area contributed by atoms with E-state index in [4.69, 9.17) is 9.05 Å². The second kappa shape index (κ2) is 6.05. The van der Waals surface area contributed by atoms with Crippen molar-refractivity contribution < 1.29 is 13.3 Å². The largest absolute Gasteiger partial charge is 0.361 e. The minimum Gasteiger partial charge on any atom is -0.361 e. The summed E-state index contributed by atoms with van der Waals surface area (Å²) in [6, 6.07) is 13.3. The highest BCUT2D eigenvalue weighted by Crippen LogP contribution is 2.20. The maximum Gasteiger partial charge on any atom is 0.167 e. The van der Waals surface area contributed by atoms with E-state index in [1.54, 1.807) is 6.07 Å². The first-order valence-electron chi connectivity index (χ1n) is 6.49. The van der Waals surface area contributed by atoms with Crippen LogP contribution in [0.4, 0.5) is 0 Å². The quantitative estimate of drug-likeness (QED) is 0.724. The van der Waals surface area contributed by atoms with Crippen molar-refractivity contribution in [3.8, 4) is 11.3 Å². The standard InChI is InChI=1S/C15H14N2O3S/c1-11-7-13(16-19-11)9-21(18)10-14-8-15(20-17-14)12-5-3-2-4-6-12/h2-8H,9-10H2,1H3/t21-/m0/s1. The Labute approximate surface area is 124 Å². The summed E-state index contributed by atoms with van der Waals surface area (Å²) in [5.74, 6) is 2.09. The van der Waals surface area contributed by atoms with E-state index in [2.05, 4.69) is 10.3 Å². The molecule has 1 aromatic carbocycles. The molecule has 0 aliphatic heterocycles. The van der Waals surface area contributed by atoms with Crippen molar-refractivity contribution in [1.29, 1.82) is 0 Å². The van der Waals surface area contributed by atoms with Gasteiger partial charge in [-0.1, -0.05) is 40.6 Å². The predicted octanol–water partition coefficient (Wildman–Crippen LogP) is 3.09. The van der Waals surface area contributed by atoms with Crippen molar-refractivity contribution in [2.75, 3.05) is 0 Å². The Bertz CT molecular complexity index is 749. The van der Waals surface area contributed by atoms with Gasteiger partial charge in [0.25, 0.3) is 0 Å². The lowest BCUT2D eigenvalue weighted by Gasteiger charge is -1.95. The summed E-state index contributed by atoms with van der Waals surface area (Å²) in [5, 5.41) is 7.81. The molecule has 108 valence electrons. The van der Waals surface area contributed by atoms with Crippen LogP contribution >= 0.6 is 0 Å². The second-order valence-corrected chi connectivity index (χ2v) is 6.16. The molecule has 21 heavy (non-hydrogen) atoms. The third-order valence-electron chi connectivity index (χ3n) is 2.91. The van der Waals surface area contributed by atoms with Gasteiger partial charge in [-0.2, -0.15) is 0 Å². The first-order valence-corrected chi connectivity index (χ1v) is 7.98. The molecule has 6 heteroatoms. The van der Waals surface area contributed by atoms with Crippen molar-refractivity contribution in [1.82, 2.24) is 10.3 Å². The van der Waals surface area contributed by atoms with E-state index >= 15 is 0 Å². The van der Waals surface area contributed by atoms with Crippen LogP contribution in [0.15, 0.2) is 51.5 Å². The third-order valence-corrected chi connectivity index (χ3v) is 4.15. The van der Waals surface area contributed by atoms with E-state index in [9.17, 15) is 4.21 Å². The van der Waals surface area contributed by atoms with E-state index in [1.165, 1.54) is 0 Å². The highest BCUT2D eigenvalue weighted by molar-refractivity contribution is 7.83. The number of nitrogens with zero attached hydrogens (tertiary/aromatic N) is 2. The normalized spacial score (nSPS) is 12.4. The van der Waals surface area contributed by atoms with Crippen LogP contribution in [0.3, 0.4) is 0 Å². The van der Waals surface area contributed by atoms with E-state index < -0.39 is 10.8 Å². The summed E-state index contributed by atoms with van der Waals surface area (Å²) in [6.07, 6.45) is 0. The van der Waals surface area contributed by atoms with Crippen LogP contribution in [0.1, 0.15) is 17.1 Å². The van der Waals surface area contributed by atoms with Crippen molar-refractivity contribution in [2.45, 2.75) is 18.4 Å². The Hall–Kier alpha value is -2.21. The van der Waals surface area contributed by atoms with Crippen LogP contribution in [0.5, 0.6) is 0 Å². The molecule has 0 N–H and O–H groups in total. The van der Waals surface area contributed by atoms with Crippen LogP contribution in [0, 0.1) is 6.92 Å². The Morgan fingerprint density at radius 2 is 1.67 bits per heavy atom. The lowest BCUT2D eigenvalue weighted by atomic mass is 10.2. The van der Waals surface area contributed by atoms with Crippen LogP contribution in [-0.2, 0) is 22.3 Å². The van der Waals surface area contributed by atoms with Crippen molar-refractivity contribution in [3.05, 3.63) is 59.6 Å². The lowest BCUT2D eigenvalue weighted by molar-refractivity contribution is 0.392. The Morgan fingerprint density at radius 1 is 1.00 bits per heavy atom. The van der Waals surface area contributed by atoms with Gasteiger partial charge in [0.15, 0.2) is 5.76 Å². The molecule has 2 aromatic heterocycles. The van der Waals surface area contributed by atoms with E-state index in [-0.39, 0.29) is 0 Å². The number of aryl methyl sites for hydroxylation is 1. The molecule has 0 fully saturated rings. The molecule has 0 aliphatic carbocycles. The zero-order valence-corrected chi connectivity index (χ0v) is 12.3. The summed E-state index contributed by atoms with van der Waals surface area (Å²) in [7, 11) is -1.10. The summed E-state index contributed by atoms with van der Waals surface area (Å²) < 4.78 is 22.3. The van der Waals surface area contributed by atoms with Crippen molar-refractivity contribution >= 4 is 10.8 Å². The summed E-state index contributed by atoms with van der Waals surface area (Å²) in [4.78, 5) is 0. The fourth-order valence-corrected chi connectivity index (χ4v) is 3.02.